The van der Waals surface area contributed by atoms with Crippen LogP contribution in [0.4, 0.5) is 8.78 Å². The summed E-state index contributed by atoms with van der Waals surface area (Å²) in [5.41, 5.74) is 6.92. The van der Waals surface area contributed by atoms with E-state index in [-0.39, 0.29) is 6.04 Å². The van der Waals surface area contributed by atoms with Crippen molar-refractivity contribution in [1.82, 2.24) is 5.16 Å². The molecule has 3 rings (SSSR count). The molecule has 4 nitrogen and oxygen atoms in total. The number of aryl methyl sites for hydroxylation is 2. The van der Waals surface area contributed by atoms with Crippen LogP contribution in [0, 0.1) is 25.5 Å². The van der Waals surface area contributed by atoms with Gasteiger partial charge in [0.15, 0.2) is 5.17 Å². The molecule has 0 fully saturated rings. The van der Waals surface area contributed by atoms with Crippen molar-refractivity contribution in [1.29, 1.82) is 0 Å². The molecule has 0 aliphatic carbocycles. The minimum absolute atomic E-state index is 0.271. The number of aromatic nitrogens is 1. The molecule has 0 radical (unpaired) electrons. The number of benzene rings is 1. The molecule has 0 spiro atoms. The standard InChI is InChI=1S/C10H10F2N2S.C5H7NO.C2H6/c11-6-1-2-7(8(12)5-6)9-3-4-15-10(13)14-9;1-4-3-5(2)7-6-4;1-2/h1-2,5,9H,3-4H2,(H2,13,14);3H,1-2H3;1-2H3. The number of hydrogen-bond acceptors (Lipinski definition) is 5. The minimum atomic E-state index is -0.571. The number of hydrogen-bond donors (Lipinski definition) is 1. The van der Waals surface area contributed by atoms with E-state index in [0.717, 1.165) is 29.7 Å². The van der Waals surface area contributed by atoms with E-state index in [4.69, 9.17) is 10.3 Å². The molecule has 1 aliphatic rings. The van der Waals surface area contributed by atoms with Crippen LogP contribution >= 0.6 is 11.8 Å². The Bertz CT molecular complexity index is 657. The number of aliphatic imine (C=N–C) groups is 1. The van der Waals surface area contributed by atoms with Crippen LogP contribution in [0.15, 0.2) is 33.8 Å². The lowest BCUT2D eigenvalue weighted by molar-refractivity contribution is 0.393. The smallest absolute Gasteiger partial charge is 0.154 e. The topological polar surface area (TPSA) is 64.4 Å². The molecular weight excluding hydrogens is 332 g/mol. The van der Waals surface area contributed by atoms with Crippen molar-refractivity contribution in [2.45, 2.75) is 40.2 Å². The Morgan fingerprint density at radius 1 is 1.21 bits per heavy atom. The number of amidine groups is 1. The molecule has 2 heterocycles. The summed E-state index contributed by atoms with van der Waals surface area (Å²) in [5, 5.41) is 4.11. The maximum Gasteiger partial charge on any atom is 0.154 e. The van der Waals surface area contributed by atoms with Crippen LogP contribution in [0.5, 0.6) is 0 Å². The second kappa shape index (κ2) is 10.1. The molecule has 0 amide bonds. The van der Waals surface area contributed by atoms with Gasteiger partial charge in [-0.2, -0.15) is 0 Å². The van der Waals surface area contributed by atoms with Crippen LogP contribution in [0.2, 0.25) is 0 Å². The van der Waals surface area contributed by atoms with E-state index in [1.54, 1.807) is 0 Å². The van der Waals surface area contributed by atoms with Crippen LogP contribution in [-0.4, -0.2) is 16.1 Å². The number of rotatable bonds is 1. The Morgan fingerprint density at radius 2 is 1.92 bits per heavy atom. The van der Waals surface area contributed by atoms with Crippen molar-refractivity contribution in [3.05, 3.63) is 52.9 Å². The van der Waals surface area contributed by atoms with E-state index in [1.165, 1.54) is 23.9 Å². The molecule has 7 heteroatoms. The van der Waals surface area contributed by atoms with Crippen LogP contribution in [-0.2, 0) is 0 Å². The average Bonchev–Trinajstić information content (AvgIpc) is 2.93. The van der Waals surface area contributed by atoms with Gasteiger partial charge in [0.2, 0.25) is 0 Å². The lowest BCUT2D eigenvalue weighted by atomic mass is 10.0. The molecule has 1 aromatic heterocycles. The van der Waals surface area contributed by atoms with Crippen LogP contribution in [0.3, 0.4) is 0 Å². The van der Waals surface area contributed by atoms with Crippen molar-refractivity contribution < 1.29 is 13.3 Å². The Morgan fingerprint density at radius 3 is 2.38 bits per heavy atom. The Balaban J connectivity index is 0.000000268. The number of thioether (sulfide) groups is 1. The van der Waals surface area contributed by atoms with Crippen LogP contribution in [0.25, 0.3) is 0 Å². The van der Waals surface area contributed by atoms with E-state index in [1.807, 2.05) is 33.8 Å². The van der Waals surface area contributed by atoms with E-state index in [2.05, 4.69) is 10.1 Å². The highest BCUT2D eigenvalue weighted by Gasteiger charge is 2.19. The lowest BCUT2D eigenvalue weighted by Gasteiger charge is -2.18. The first-order chi connectivity index (χ1) is 11.5. The van der Waals surface area contributed by atoms with E-state index < -0.39 is 11.6 Å². The Labute approximate surface area is 145 Å². The number of nitrogens with two attached hydrogens (primary N) is 1. The molecule has 1 aliphatic heterocycles. The van der Waals surface area contributed by atoms with Crippen molar-refractivity contribution in [3.8, 4) is 0 Å². The molecule has 0 saturated carbocycles. The molecule has 0 bridgehead atoms. The molecule has 1 aromatic carbocycles. The summed E-state index contributed by atoms with van der Waals surface area (Å²) in [4.78, 5) is 4.14. The molecule has 132 valence electrons. The van der Waals surface area contributed by atoms with Crippen LogP contribution < -0.4 is 5.73 Å². The summed E-state index contributed by atoms with van der Waals surface area (Å²) in [6.07, 6.45) is 0.730. The molecule has 2 N–H and O–H groups in total. The highest BCUT2D eigenvalue weighted by molar-refractivity contribution is 8.13. The third-order valence-corrected chi connectivity index (χ3v) is 3.83. The summed E-state index contributed by atoms with van der Waals surface area (Å²) >= 11 is 1.46. The SMILES string of the molecule is CC.Cc1cc(C)on1.NC1=NC(c2ccc(F)cc2F)CCS1. The fraction of sp³-hybridized carbons (Fsp3) is 0.412. The monoisotopic (exact) mass is 355 g/mol. The predicted molar refractivity (Wildman–Crippen MR) is 95.1 cm³/mol. The zero-order valence-electron chi connectivity index (χ0n) is 14.3. The molecule has 1 atom stereocenters. The first kappa shape index (κ1) is 20.2. The third-order valence-electron chi connectivity index (χ3n) is 2.99. The summed E-state index contributed by atoms with van der Waals surface area (Å²) < 4.78 is 30.8. The second-order valence-corrected chi connectivity index (χ2v) is 5.98. The maximum atomic E-state index is 13.4. The van der Waals surface area contributed by atoms with Gasteiger partial charge in [0.05, 0.1) is 11.7 Å². The van der Waals surface area contributed by atoms with E-state index in [9.17, 15) is 8.78 Å². The molecule has 1 unspecified atom stereocenters. The van der Waals surface area contributed by atoms with Gasteiger partial charge in [-0.1, -0.05) is 36.8 Å². The summed E-state index contributed by atoms with van der Waals surface area (Å²) in [6.45, 7) is 7.77. The first-order valence-corrected chi connectivity index (χ1v) is 8.75. The zero-order valence-corrected chi connectivity index (χ0v) is 15.2. The van der Waals surface area contributed by atoms with Gasteiger partial charge in [0.1, 0.15) is 17.4 Å². The fourth-order valence-corrected chi connectivity index (χ4v) is 2.77. The Kier molecular flexibility index (Phi) is 8.46. The summed E-state index contributed by atoms with van der Waals surface area (Å²) in [6, 6.07) is 5.17. The minimum Gasteiger partial charge on any atom is -0.379 e. The Hall–Kier alpha value is -1.89. The quantitative estimate of drug-likeness (QED) is 0.800. The average molecular weight is 355 g/mol. The van der Waals surface area contributed by atoms with Crippen LogP contribution in [0.1, 0.15) is 43.3 Å². The first-order valence-electron chi connectivity index (χ1n) is 7.76. The van der Waals surface area contributed by atoms with Gasteiger partial charge >= 0.3 is 0 Å². The van der Waals surface area contributed by atoms with Gasteiger partial charge in [-0.05, 0) is 26.3 Å². The predicted octanol–water partition coefficient (Wildman–Crippen LogP) is 4.78. The van der Waals surface area contributed by atoms with Crippen molar-refractivity contribution >= 4 is 16.9 Å². The normalized spacial score (nSPS) is 16.2. The molecule has 24 heavy (non-hydrogen) atoms. The summed E-state index contributed by atoms with van der Waals surface area (Å²) in [7, 11) is 0. The second-order valence-electron chi connectivity index (χ2n) is 4.87. The summed E-state index contributed by atoms with van der Waals surface area (Å²) in [5.74, 6) is 0.566. The number of halogens is 2. The molecule has 2 aromatic rings. The molecule has 0 saturated heterocycles. The maximum absolute atomic E-state index is 13.4. The van der Waals surface area contributed by atoms with Gasteiger partial charge in [-0.15, -0.1) is 0 Å². The van der Waals surface area contributed by atoms with Gasteiger partial charge in [-0.25, -0.2) is 8.78 Å². The van der Waals surface area contributed by atoms with E-state index in [0.29, 0.717) is 10.7 Å². The van der Waals surface area contributed by atoms with Crippen molar-refractivity contribution in [3.63, 3.8) is 0 Å². The van der Waals surface area contributed by atoms with Crippen molar-refractivity contribution in [2.24, 2.45) is 10.7 Å². The largest absolute Gasteiger partial charge is 0.379 e. The van der Waals surface area contributed by atoms with Gasteiger partial charge in [0.25, 0.3) is 0 Å². The van der Waals surface area contributed by atoms with Gasteiger partial charge in [-0.3, -0.25) is 4.99 Å². The van der Waals surface area contributed by atoms with E-state index >= 15 is 0 Å². The molecular formula is C17H23F2N3OS. The van der Waals surface area contributed by atoms with Gasteiger partial charge < -0.3 is 10.3 Å². The highest BCUT2D eigenvalue weighted by Crippen LogP contribution is 2.30. The lowest BCUT2D eigenvalue weighted by Crippen LogP contribution is -2.16. The fourth-order valence-electron chi connectivity index (χ4n) is 2.02. The third kappa shape index (κ3) is 6.31. The highest BCUT2D eigenvalue weighted by atomic mass is 32.2. The van der Waals surface area contributed by atoms with Gasteiger partial charge in [0, 0.05) is 23.4 Å². The zero-order chi connectivity index (χ0) is 18.1. The van der Waals surface area contributed by atoms with Crippen molar-refractivity contribution in [2.75, 3.05) is 5.75 Å². The number of nitrogens with zero attached hydrogens (tertiary/aromatic N) is 2.